The smallest absolute Gasteiger partial charge is 0.227 e. The maximum Gasteiger partial charge on any atom is 0.227 e. The fourth-order valence-corrected chi connectivity index (χ4v) is 3.78. The molecule has 25 heavy (non-hydrogen) atoms. The Balaban J connectivity index is 1.47. The lowest BCUT2D eigenvalue weighted by Gasteiger charge is -2.17. The van der Waals surface area contributed by atoms with E-state index in [1.54, 1.807) is 4.90 Å². The molecule has 0 radical (unpaired) electrons. The lowest BCUT2D eigenvalue weighted by molar-refractivity contribution is -0.887. The van der Waals surface area contributed by atoms with Crippen LogP contribution in [0.4, 0.5) is 10.1 Å². The average molecular weight is 369 g/mol. The summed E-state index contributed by atoms with van der Waals surface area (Å²) in [6.45, 7) is 4.52. The largest absolute Gasteiger partial charge is 0.356 e. The van der Waals surface area contributed by atoms with Crippen molar-refractivity contribution in [3.05, 3.63) is 29.0 Å². The number of nitrogens with zero attached hydrogens (tertiary/aromatic N) is 1. The van der Waals surface area contributed by atoms with E-state index in [1.807, 2.05) is 0 Å². The molecule has 2 amide bonds. The van der Waals surface area contributed by atoms with Crippen LogP contribution in [0.25, 0.3) is 0 Å². The summed E-state index contributed by atoms with van der Waals surface area (Å²) in [4.78, 5) is 27.6. The van der Waals surface area contributed by atoms with Gasteiger partial charge < -0.3 is 15.1 Å². The van der Waals surface area contributed by atoms with Crippen molar-refractivity contribution in [2.75, 3.05) is 37.6 Å². The van der Waals surface area contributed by atoms with Crippen LogP contribution in [0.3, 0.4) is 0 Å². The van der Waals surface area contributed by atoms with Gasteiger partial charge in [-0.3, -0.25) is 9.59 Å². The third kappa shape index (κ3) is 4.50. The molecule has 0 saturated carbocycles. The third-order valence-electron chi connectivity index (χ3n) is 5.03. The van der Waals surface area contributed by atoms with E-state index in [0.29, 0.717) is 18.8 Å². The van der Waals surface area contributed by atoms with Crippen molar-refractivity contribution in [2.24, 2.45) is 5.92 Å². The molecule has 1 aromatic rings. The van der Waals surface area contributed by atoms with Crippen molar-refractivity contribution >= 4 is 29.1 Å². The number of benzene rings is 1. The number of amides is 2. The van der Waals surface area contributed by atoms with Crippen LogP contribution >= 0.6 is 11.6 Å². The molecular formula is C18H24ClFN3O2+. The Bertz CT molecular complexity index is 649. The van der Waals surface area contributed by atoms with Gasteiger partial charge in [0.25, 0.3) is 0 Å². The zero-order valence-electron chi connectivity index (χ0n) is 14.2. The molecule has 2 N–H and O–H groups in total. The highest BCUT2D eigenvalue weighted by Crippen LogP contribution is 2.28. The predicted octanol–water partition coefficient (Wildman–Crippen LogP) is 1.02. The molecule has 2 fully saturated rings. The summed E-state index contributed by atoms with van der Waals surface area (Å²) in [5.41, 5.74) is 0.532. The van der Waals surface area contributed by atoms with Gasteiger partial charge in [0.2, 0.25) is 11.8 Å². The van der Waals surface area contributed by atoms with Gasteiger partial charge in [-0.1, -0.05) is 11.6 Å². The van der Waals surface area contributed by atoms with Crippen LogP contribution in [0, 0.1) is 11.7 Å². The van der Waals surface area contributed by atoms with Gasteiger partial charge in [0.05, 0.1) is 30.6 Å². The Morgan fingerprint density at radius 3 is 2.84 bits per heavy atom. The number of quaternary nitrogens is 1. The van der Waals surface area contributed by atoms with Crippen molar-refractivity contribution in [1.29, 1.82) is 0 Å². The minimum Gasteiger partial charge on any atom is -0.356 e. The van der Waals surface area contributed by atoms with E-state index in [2.05, 4.69) is 5.32 Å². The van der Waals surface area contributed by atoms with Crippen molar-refractivity contribution in [3.63, 3.8) is 0 Å². The van der Waals surface area contributed by atoms with Crippen LogP contribution in [0.1, 0.15) is 25.7 Å². The predicted molar refractivity (Wildman–Crippen MR) is 94.3 cm³/mol. The molecule has 2 aliphatic rings. The molecule has 1 aromatic carbocycles. The first-order valence-corrected chi connectivity index (χ1v) is 9.29. The average Bonchev–Trinajstić information content (AvgIpc) is 3.23. The number of likely N-dealkylation sites (tertiary alicyclic amines) is 1. The summed E-state index contributed by atoms with van der Waals surface area (Å²) in [6.07, 6.45) is 3.74. The first kappa shape index (κ1) is 18.1. The van der Waals surface area contributed by atoms with E-state index in [1.165, 1.54) is 49.0 Å². The van der Waals surface area contributed by atoms with Crippen LogP contribution in [0.15, 0.2) is 18.2 Å². The number of hydrogen-bond donors (Lipinski definition) is 2. The molecule has 7 heteroatoms. The SMILES string of the molecule is O=C(NCCC[NH+]1CCCC1)C1CC(=O)N(c2ccc(F)c(Cl)c2)C1. The van der Waals surface area contributed by atoms with Gasteiger partial charge >= 0.3 is 0 Å². The highest BCUT2D eigenvalue weighted by molar-refractivity contribution is 6.31. The van der Waals surface area contributed by atoms with Crippen LogP contribution in [0.5, 0.6) is 0 Å². The van der Waals surface area contributed by atoms with Gasteiger partial charge in [-0.25, -0.2) is 4.39 Å². The number of rotatable bonds is 6. The van der Waals surface area contributed by atoms with Gasteiger partial charge in [-0.15, -0.1) is 0 Å². The summed E-state index contributed by atoms with van der Waals surface area (Å²) in [7, 11) is 0. The van der Waals surface area contributed by atoms with Crippen molar-refractivity contribution in [3.8, 4) is 0 Å². The highest BCUT2D eigenvalue weighted by Gasteiger charge is 2.35. The molecule has 2 heterocycles. The molecule has 2 saturated heterocycles. The highest BCUT2D eigenvalue weighted by atomic mass is 35.5. The van der Waals surface area contributed by atoms with Gasteiger partial charge in [0.15, 0.2) is 0 Å². The zero-order valence-corrected chi connectivity index (χ0v) is 14.9. The summed E-state index contributed by atoms with van der Waals surface area (Å²) >= 11 is 5.78. The van der Waals surface area contributed by atoms with Crippen LogP contribution in [-0.4, -0.2) is 44.5 Å². The molecular weight excluding hydrogens is 345 g/mol. The molecule has 0 spiro atoms. The Kier molecular flexibility index (Phi) is 5.91. The Morgan fingerprint density at radius 2 is 2.12 bits per heavy atom. The summed E-state index contributed by atoms with van der Waals surface area (Å²) < 4.78 is 13.3. The molecule has 1 atom stereocenters. The lowest BCUT2D eigenvalue weighted by Crippen LogP contribution is -3.10. The second-order valence-corrected chi connectivity index (χ2v) is 7.26. The van der Waals surface area contributed by atoms with E-state index >= 15 is 0 Å². The van der Waals surface area contributed by atoms with E-state index in [4.69, 9.17) is 11.6 Å². The minimum atomic E-state index is -0.522. The Hall–Kier alpha value is -1.66. The van der Waals surface area contributed by atoms with Gasteiger partial charge in [-0.2, -0.15) is 0 Å². The number of carbonyl (C=O) groups is 2. The lowest BCUT2D eigenvalue weighted by atomic mass is 10.1. The molecule has 0 aromatic heterocycles. The number of anilines is 1. The van der Waals surface area contributed by atoms with E-state index in [0.717, 1.165) is 13.0 Å². The van der Waals surface area contributed by atoms with Crippen molar-refractivity contribution < 1.29 is 18.9 Å². The maximum atomic E-state index is 13.3. The van der Waals surface area contributed by atoms with E-state index < -0.39 is 5.82 Å². The first-order valence-electron chi connectivity index (χ1n) is 8.91. The second kappa shape index (κ2) is 8.15. The molecule has 136 valence electrons. The van der Waals surface area contributed by atoms with E-state index in [-0.39, 0.29) is 29.2 Å². The number of hydrogen-bond acceptors (Lipinski definition) is 2. The first-order chi connectivity index (χ1) is 12.0. The fourth-order valence-electron chi connectivity index (χ4n) is 3.60. The topological polar surface area (TPSA) is 53.9 Å². The standard InChI is InChI=1S/C18H23ClFN3O2/c19-15-11-14(4-5-16(15)20)23-12-13(10-17(23)24)18(25)21-6-3-9-22-7-1-2-8-22/h4-5,11,13H,1-3,6-10,12H2,(H,21,25)/p+1. The zero-order chi connectivity index (χ0) is 17.8. The normalized spacial score (nSPS) is 21.1. The third-order valence-corrected chi connectivity index (χ3v) is 5.32. The van der Waals surface area contributed by atoms with E-state index in [9.17, 15) is 14.0 Å². The summed E-state index contributed by atoms with van der Waals surface area (Å²) in [6, 6.07) is 4.17. The van der Waals surface area contributed by atoms with Gasteiger partial charge in [0, 0.05) is 44.5 Å². The number of carbonyl (C=O) groups excluding carboxylic acids is 2. The van der Waals surface area contributed by atoms with Crippen molar-refractivity contribution in [1.82, 2.24) is 5.32 Å². The molecule has 0 aliphatic carbocycles. The molecule has 0 bridgehead atoms. The Labute approximate surface area is 152 Å². The number of nitrogens with one attached hydrogen (secondary N) is 2. The monoisotopic (exact) mass is 368 g/mol. The maximum absolute atomic E-state index is 13.3. The summed E-state index contributed by atoms with van der Waals surface area (Å²) in [5, 5.41) is 2.92. The van der Waals surface area contributed by atoms with Gasteiger partial charge in [-0.05, 0) is 18.2 Å². The fraction of sp³-hybridized carbons (Fsp3) is 0.556. The number of halogens is 2. The van der Waals surface area contributed by atoms with Crippen molar-refractivity contribution in [2.45, 2.75) is 25.7 Å². The Morgan fingerprint density at radius 1 is 1.36 bits per heavy atom. The molecule has 5 nitrogen and oxygen atoms in total. The van der Waals surface area contributed by atoms with Crippen LogP contribution < -0.4 is 15.1 Å². The van der Waals surface area contributed by atoms with Crippen LogP contribution in [0.2, 0.25) is 5.02 Å². The molecule has 3 rings (SSSR count). The van der Waals surface area contributed by atoms with Crippen LogP contribution in [-0.2, 0) is 9.59 Å². The molecule has 1 unspecified atom stereocenters. The quantitative estimate of drug-likeness (QED) is 0.737. The molecule has 2 aliphatic heterocycles. The minimum absolute atomic E-state index is 0.0254. The summed E-state index contributed by atoms with van der Waals surface area (Å²) in [5.74, 6) is -1.10. The second-order valence-electron chi connectivity index (χ2n) is 6.86. The van der Waals surface area contributed by atoms with Gasteiger partial charge in [0.1, 0.15) is 5.82 Å².